The second-order valence-corrected chi connectivity index (χ2v) is 11.3. The van der Waals surface area contributed by atoms with Gasteiger partial charge in [-0.1, -0.05) is 30.3 Å². The van der Waals surface area contributed by atoms with Crippen molar-refractivity contribution in [3.8, 4) is 11.5 Å². The van der Waals surface area contributed by atoms with Crippen LogP contribution in [0.2, 0.25) is 0 Å². The Labute approximate surface area is 270 Å². The highest BCUT2D eigenvalue weighted by atomic mass is 127. The summed E-state index contributed by atoms with van der Waals surface area (Å²) in [6, 6.07) is 14.5. The molecule has 13 heteroatoms. The first-order chi connectivity index (χ1) is 21.5. The normalized spacial score (nSPS) is 18.0. The van der Waals surface area contributed by atoms with E-state index < -0.39 is 41.8 Å². The Hall–Kier alpha value is -3.95. The molecule has 45 heavy (non-hydrogen) atoms. The van der Waals surface area contributed by atoms with E-state index in [1.807, 2.05) is 22.6 Å². The number of aliphatic hydroxyl groups excluding tert-OH is 2. The Morgan fingerprint density at radius 1 is 1.11 bits per heavy atom. The average molecular weight is 738 g/mol. The summed E-state index contributed by atoms with van der Waals surface area (Å²) in [5.74, 6) is -0.854. The van der Waals surface area contributed by atoms with Gasteiger partial charge in [-0.2, -0.15) is 13.2 Å². The van der Waals surface area contributed by atoms with Crippen LogP contribution in [0.3, 0.4) is 0 Å². The third-order valence-electron chi connectivity index (χ3n) is 7.17. The highest BCUT2D eigenvalue weighted by molar-refractivity contribution is 14.1. The predicted molar refractivity (Wildman–Crippen MR) is 166 cm³/mol. The highest BCUT2D eigenvalue weighted by Crippen LogP contribution is 2.37. The first kappa shape index (κ1) is 33.9. The van der Waals surface area contributed by atoms with Crippen LogP contribution in [-0.4, -0.2) is 71.7 Å². The fraction of sp³-hybridized carbons (Fsp3) is 0.281. The lowest BCUT2D eigenvalue weighted by Gasteiger charge is -2.40. The van der Waals surface area contributed by atoms with Crippen molar-refractivity contribution in [2.75, 3.05) is 20.3 Å². The molecule has 1 aliphatic carbocycles. The fourth-order valence-electron chi connectivity index (χ4n) is 4.93. The fourth-order valence-corrected chi connectivity index (χ4v) is 5.68. The lowest BCUT2D eigenvalue weighted by atomic mass is 9.87. The zero-order chi connectivity index (χ0) is 32.7. The second kappa shape index (κ2) is 14.9. The van der Waals surface area contributed by atoms with Crippen LogP contribution in [0.25, 0.3) is 0 Å². The summed E-state index contributed by atoms with van der Waals surface area (Å²) in [4.78, 5) is 39.8. The van der Waals surface area contributed by atoms with Gasteiger partial charge in [-0.05, 0) is 70.6 Å². The molecular weight excluding hydrogens is 708 g/mol. The van der Waals surface area contributed by atoms with Gasteiger partial charge in [-0.15, -0.1) is 0 Å². The third kappa shape index (κ3) is 8.21. The number of hydrogen-bond acceptors (Lipinski definition) is 7. The number of carbonyl (C=O) groups is 3. The van der Waals surface area contributed by atoms with E-state index in [0.29, 0.717) is 21.0 Å². The van der Waals surface area contributed by atoms with Gasteiger partial charge in [-0.25, -0.2) is 0 Å². The first-order valence-electron chi connectivity index (χ1n) is 13.8. The molecule has 0 radical (unpaired) electrons. The topological polar surface area (TPSA) is 125 Å². The summed E-state index contributed by atoms with van der Waals surface area (Å²) >= 11 is 1.94. The van der Waals surface area contributed by atoms with Crippen molar-refractivity contribution in [3.05, 3.63) is 104 Å². The van der Waals surface area contributed by atoms with Gasteiger partial charge in [-0.3, -0.25) is 14.4 Å². The van der Waals surface area contributed by atoms with Gasteiger partial charge in [0.1, 0.15) is 18.5 Å². The van der Waals surface area contributed by atoms with Crippen LogP contribution in [0.4, 0.5) is 13.2 Å². The van der Waals surface area contributed by atoms with Crippen LogP contribution in [0.15, 0.2) is 78.4 Å². The van der Waals surface area contributed by atoms with Gasteiger partial charge < -0.3 is 29.9 Å². The molecule has 0 aliphatic heterocycles. The summed E-state index contributed by atoms with van der Waals surface area (Å²) in [7, 11) is 1.38. The van der Waals surface area contributed by atoms with Crippen molar-refractivity contribution in [2.24, 2.45) is 0 Å². The van der Waals surface area contributed by atoms with Gasteiger partial charge >= 0.3 is 6.18 Å². The molecule has 3 N–H and O–H groups in total. The molecule has 3 aromatic carbocycles. The Bertz CT molecular complexity index is 1550. The van der Waals surface area contributed by atoms with Crippen LogP contribution in [0.1, 0.15) is 38.3 Å². The van der Waals surface area contributed by atoms with E-state index in [1.54, 1.807) is 36.4 Å². The zero-order valence-electron chi connectivity index (χ0n) is 24.0. The van der Waals surface area contributed by atoms with E-state index >= 15 is 0 Å². The van der Waals surface area contributed by atoms with Crippen LogP contribution < -0.4 is 14.8 Å². The van der Waals surface area contributed by atoms with E-state index in [2.05, 4.69) is 5.32 Å². The molecule has 0 spiro atoms. The molecule has 3 atom stereocenters. The molecule has 2 amide bonds. The van der Waals surface area contributed by atoms with Crippen molar-refractivity contribution in [1.29, 1.82) is 0 Å². The molecule has 0 saturated heterocycles. The number of carbonyl (C=O) groups excluding carboxylic acids is 3. The number of amides is 2. The zero-order valence-corrected chi connectivity index (χ0v) is 26.1. The SMILES string of the molecule is COc1cc(C=O)cc(I)c1OC1C=C(C(=O)NCCO)CC(N(Cc2ccccc2)C(=O)c2ccc(C(F)(F)F)cc2)C1O. The molecule has 0 saturated carbocycles. The minimum Gasteiger partial charge on any atom is -0.493 e. The maximum atomic E-state index is 14.0. The maximum Gasteiger partial charge on any atom is 0.416 e. The number of ether oxygens (including phenoxy) is 2. The summed E-state index contributed by atoms with van der Waals surface area (Å²) < 4.78 is 51.8. The lowest BCUT2D eigenvalue weighted by Crippen LogP contribution is -2.54. The van der Waals surface area contributed by atoms with Crippen LogP contribution in [0.5, 0.6) is 11.5 Å². The lowest BCUT2D eigenvalue weighted by molar-refractivity contribution is -0.137. The number of benzene rings is 3. The molecule has 3 aromatic rings. The molecular formula is C32H30F3IN2O7. The van der Waals surface area contributed by atoms with Crippen molar-refractivity contribution >= 4 is 40.7 Å². The number of aliphatic hydroxyl groups is 2. The Kier molecular flexibility index (Phi) is 11.2. The van der Waals surface area contributed by atoms with Gasteiger partial charge in [0.05, 0.1) is 28.9 Å². The van der Waals surface area contributed by atoms with Crippen LogP contribution in [-0.2, 0) is 17.5 Å². The minimum absolute atomic E-state index is 0.0461. The molecule has 4 rings (SSSR count). The number of methoxy groups -OCH3 is 1. The summed E-state index contributed by atoms with van der Waals surface area (Å²) in [6.07, 6.45) is -5.30. The first-order valence-corrected chi connectivity index (χ1v) is 14.8. The smallest absolute Gasteiger partial charge is 0.416 e. The van der Waals surface area contributed by atoms with E-state index in [-0.39, 0.29) is 48.8 Å². The molecule has 0 aromatic heterocycles. The molecule has 1 aliphatic rings. The van der Waals surface area contributed by atoms with E-state index in [0.717, 1.165) is 24.3 Å². The number of nitrogens with one attached hydrogen (secondary N) is 1. The molecule has 0 bridgehead atoms. The van der Waals surface area contributed by atoms with Crippen molar-refractivity contribution in [2.45, 2.75) is 37.4 Å². The Balaban J connectivity index is 1.77. The van der Waals surface area contributed by atoms with Crippen molar-refractivity contribution in [3.63, 3.8) is 0 Å². The Morgan fingerprint density at radius 3 is 2.40 bits per heavy atom. The van der Waals surface area contributed by atoms with Crippen molar-refractivity contribution < 1.29 is 47.2 Å². The summed E-state index contributed by atoms with van der Waals surface area (Å²) in [5, 5.41) is 23.5. The largest absolute Gasteiger partial charge is 0.493 e. The van der Waals surface area contributed by atoms with Gasteiger partial charge in [0.25, 0.3) is 5.91 Å². The minimum atomic E-state index is -4.60. The summed E-state index contributed by atoms with van der Waals surface area (Å²) in [5.41, 5.74) is 0.172. The van der Waals surface area contributed by atoms with Gasteiger partial charge in [0.15, 0.2) is 11.5 Å². The average Bonchev–Trinajstić information content (AvgIpc) is 3.04. The second-order valence-electron chi connectivity index (χ2n) is 10.2. The molecule has 9 nitrogen and oxygen atoms in total. The number of aldehydes is 1. The van der Waals surface area contributed by atoms with E-state index in [9.17, 15) is 37.8 Å². The molecule has 238 valence electrons. The standard InChI is InChI=1S/C32H30F3IN2O7/c1-44-27-14-20(18-40)13-24(36)29(27)45-26-16-22(30(42)37-11-12-39)15-25(28(26)41)38(17-19-5-3-2-4-6-19)31(43)21-7-9-23(10-8-21)32(33,34)35/h2-10,13-14,16,18,25-26,28,39,41H,11-12,15,17H2,1H3,(H,37,42). The van der Waals surface area contributed by atoms with E-state index in [1.165, 1.54) is 24.2 Å². The molecule has 3 unspecified atom stereocenters. The predicted octanol–water partition coefficient (Wildman–Crippen LogP) is 4.39. The number of halogens is 4. The monoisotopic (exact) mass is 738 g/mol. The molecule has 0 fully saturated rings. The Morgan fingerprint density at radius 2 is 1.80 bits per heavy atom. The number of hydrogen-bond donors (Lipinski definition) is 3. The van der Waals surface area contributed by atoms with E-state index in [4.69, 9.17) is 9.47 Å². The maximum absolute atomic E-state index is 14.0. The quantitative estimate of drug-likeness (QED) is 0.197. The number of alkyl halides is 3. The number of nitrogens with zero attached hydrogens (tertiary/aromatic N) is 1. The van der Waals surface area contributed by atoms with Crippen LogP contribution in [0, 0.1) is 3.57 Å². The highest BCUT2D eigenvalue weighted by Gasteiger charge is 2.41. The third-order valence-corrected chi connectivity index (χ3v) is 7.97. The van der Waals surface area contributed by atoms with Gasteiger partial charge in [0, 0.05) is 36.2 Å². The van der Waals surface area contributed by atoms with Crippen LogP contribution >= 0.6 is 22.6 Å². The summed E-state index contributed by atoms with van der Waals surface area (Å²) in [6.45, 7) is -0.419. The van der Waals surface area contributed by atoms with Gasteiger partial charge in [0.2, 0.25) is 5.91 Å². The molecule has 0 heterocycles. The van der Waals surface area contributed by atoms with Crippen molar-refractivity contribution in [1.82, 2.24) is 10.2 Å². The number of rotatable bonds is 11.